The Bertz CT molecular complexity index is 197. The number of rotatable bonds is 1. The smallest absolute Gasteiger partial charge is 0.293 e. The lowest BCUT2D eigenvalue weighted by Gasteiger charge is -2.00. The molecule has 0 spiro atoms. The van der Waals surface area contributed by atoms with Gasteiger partial charge >= 0.3 is 0 Å². The molecule has 0 fully saturated rings. The fraction of sp³-hybridized carbons (Fsp3) is 0.250. The molecule has 5 heteroatoms. The van der Waals surface area contributed by atoms with Crippen LogP contribution in [0.3, 0.4) is 0 Å². The van der Waals surface area contributed by atoms with Crippen LogP contribution < -0.4 is 5.73 Å². The first-order chi connectivity index (χ1) is 4.06. The molecule has 0 aliphatic rings. The molecule has 0 radical (unpaired) electrons. The van der Waals surface area contributed by atoms with Crippen LogP contribution in [0.5, 0.6) is 0 Å². The molecule has 0 bridgehead atoms. The van der Waals surface area contributed by atoms with Crippen LogP contribution in [0.4, 0.5) is 0 Å². The zero-order valence-electron chi connectivity index (χ0n) is 4.26. The van der Waals surface area contributed by atoms with Crippen molar-refractivity contribution in [3.8, 4) is 12.1 Å². The number of nitriles is 2. The van der Waals surface area contributed by atoms with Gasteiger partial charge in [0.2, 0.25) is 0 Å². The second-order valence-corrected chi connectivity index (χ2v) is 1.81. The number of amides is 1. The van der Waals surface area contributed by atoms with Gasteiger partial charge in [0.05, 0.1) is 0 Å². The zero-order valence-corrected chi connectivity index (χ0v) is 5.01. The van der Waals surface area contributed by atoms with E-state index in [9.17, 15) is 4.79 Å². The molecule has 0 rings (SSSR count). The molecule has 46 valence electrons. The van der Waals surface area contributed by atoms with Gasteiger partial charge in [-0.3, -0.25) is 4.79 Å². The van der Waals surface area contributed by atoms with Gasteiger partial charge < -0.3 is 5.73 Å². The maximum absolute atomic E-state index is 10.1. The average molecular weight is 144 g/mol. The predicted molar refractivity (Wildman–Crippen MR) is 29.0 cm³/mol. The number of hydrogen-bond donors (Lipinski definition) is 1. The number of halogens is 1. The SMILES string of the molecule is N#CC(Cl)(C#N)C(N)=O. The van der Waals surface area contributed by atoms with Crippen molar-refractivity contribution in [2.75, 3.05) is 0 Å². The molecule has 1 amide bonds. The molecule has 0 heterocycles. The van der Waals surface area contributed by atoms with Gasteiger partial charge in [-0.2, -0.15) is 10.5 Å². The number of carbonyl (C=O) groups excluding carboxylic acids is 1. The number of nitrogens with two attached hydrogens (primary N) is 1. The summed E-state index contributed by atoms with van der Waals surface area (Å²) in [5, 5.41) is 16.1. The monoisotopic (exact) mass is 143 g/mol. The van der Waals surface area contributed by atoms with Crippen molar-refractivity contribution < 1.29 is 4.79 Å². The Morgan fingerprint density at radius 1 is 1.56 bits per heavy atom. The highest BCUT2D eigenvalue weighted by Gasteiger charge is 2.33. The number of hydrogen-bond acceptors (Lipinski definition) is 3. The Morgan fingerprint density at radius 3 is 1.89 bits per heavy atom. The van der Waals surface area contributed by atoms with Crippen LogP contribution >= 0.6 is 11.6 Å². The van der Waals surface area contributed by atoms with Gasteiger partial charge in [-0.25, -0.2) is 0 Å². The molecule has 0 saturated heterocycles. The molecular formula is C4H2ClN3O. The molecular weight excluding hydrogens is 142 g/mol. The Labute approximate surface area is 56.4 Å². The first-order valence-electron chi connectivity index (χ1n) is 1.88. The van der Waals surface area contributed by atoms with Crippen molar-refractivity contribution in [2.45, 2.75) is 4.87 Å². The summed E-state index contributed by atoms with van der Waals surface area (Å²) in [5.41, 5.74) is 4.58. The zero-order chi connectivity index (χ0) is 7.49. The molecule has 9 heavy (non-hydrogen) atoms. The summed E-state index contributed by atoms with van der Waals surface area (Å²) >= 11 is 5.05. The third-order valence-electron chi connectivity index (χ3n) is 0.648. The third-order valence-corrected chi connectivity index (χ3v) is 1.00. The molecule has 0 saturated carbocycles. The van der Waals surface area contributed by atoms with Crippen LogP contribution in [-0.4, -0.2) is 10.8 Å². The van der Waals surface area contributed by atoms with Crippen molar-refractivity contribution in [1.82, 2.24) is 0 Å². The normalized spacial score (nSPS) is 9.22. The van der Waals surface area contributed by atoms with Gasteiger partial charge in [-0.1, -0.05) is 11.6 Å². The first kappa shape index (κ1) is 7.74. The van der Waals surface area contributed by atoms with Crippen LogP contribution in [0.15, 0.2) is 0 Å². The molecule has 4 nitrogen and oxygen atoms in total. The second kappa shape index (κ2) is 2.34. The van der Waals surface area contributed by atoms with Crippen molar-refractivity contribution >= 4 is 17.5 Å². The predicted octanol–water partition coefficient (Wildman–Crippen LogP) is -0.504. The van der Waals surface area contributed by atoms with E-state index < -0.39 is 10.8 Å². The summed E-state index contributed by atoms with van der Waals surface area (Å²) < 4.78 is 0. The average Bonchev–Trinajstić information content (AvgIpc) is 1.86. The van der Waals surface area contributed by atoms with E-state index in [1.165, 1.54) is 12.1 Å². The van der Waals surface area contributed by atoms with Gasteiger partial charge in [0.15, 0.2) is 0 Å². The molecule has 0 aromatic heterocycles. The summed E-state index contributed by atoms with van der Waals surface area (Å²) in [4.78, 5) is 7.93. The summed E-state index contributed by atoms with van der Waals surface area (Å²) in [6.45, 7) is 0. The van der Waals surface area contributed by atoms with Gasteiger partial charge in [0.1, 0.15) is 12.1 Å². The molecule has 0 aromatic rings. The fourth-order valence-corrected chi connectivity index (χ4v) is 0.135. The summed E-state index contributed by atoms with van der Waals surface area (Å²) in [6.07, 6.45) is 0. The quantitative estimate of drug-likeness (QED) is 0.502. The summed E-state index contributed by atoms with van der Waals surface area (Å²) in [5.74, 6) is -1.14. The van der Waals surface area contributed by atoms with Gasteiger partial charge in [0.25, 0.3) is 10.8 Å². The first-order valence-corrected chi connectivity index (χ1v) is 2.26. The lowest BCUT2D eigenvalue weighted by molar-refractivity contribution is -0.118. The Morgan fingerprint density at radius 2 is 1.89 bits per heavy atom. The van der Waals surface area contributed by atoms with E-state index in [-0.39, 0.29) is 0 Å². The number of carbonyl (C=O) groups is 1. The molecule has 0 unspecified atom stereocenters. The van der Waals surface area contributed by atoms with Crippen molar-refractivity contribution in [1.29, 1.82) is 10.5 Å². The van der Waals surface area contributed by atoms with Gasteiger partial charge in [-0.15, -0.1) is 0 Å². The van der Waals surface area contributed by atoms with Gasteiger partial charge in [-0.05, 0) is 0 Å². The fourth-order valence-electron chi connectivity index (χ4n) is 0.135. The van der Waals surface area contributed by atoms with E-state index in [4.69, 9.17) is 22.1 Å². The molecule has 0 atom stereocenters. The number of alkyl halides is 1. The van der Waals surface area contributed by atoms with Crippen LogP contribution in [0.25, 0.3) is 0 Å². The van der Waals surface area contributed by atoms with Crippen LogP contribution in [0, 0.1) is 22.7 Å². The minimum Gasteiger partial charge on any atom is -0.366 e. The van der Waals surface area contributed by atoms with E-state index in [1.54, 1.807) is 0 Å². The van der Waals surface area contributed by atoms with Crippen LogP contribution in [0.1, 0.15) is 0 Å². The van der Waals surface area contributed by atoms with Crippen molar-refractivity contribution in [2.24, 2.45) is 5.73 Å². The Balaban J connectivity index is 4.60. The number of nitrogens with zero attached hydrogens (tertiary/aromatic N) is 2. The van der Waals surface area contributed by atoms with Gasteiger partial charge in [0, 0.05) is 0 Å². The van der Waals surface area contributed by atoms with E-state index >= 15 is 0 Å². The lowest BCUT2D eigenvalue weighted by atomic mass is 10.2. The minimum absolute atomic E-state index is 1.14. The van der Waals surface area contributed by atoms with Crippen LogP contribution in [-0.2, 0) is 4.79 Å². The van der Waals surface area contributed by atoms with E-state index in [0.717, 1.165) is 0 Å². The minimum atomic E-state index is -2.19. The Hall–Kier alpha value is -1.26. The highest BCUT2D eigenvalue weighted by Crippen LogP contribution is 2.10. The van der Waals surface area contributed by atoms with Crippen LogP contribution in [0.2, 0.25) is 0 Å². The summed E-state index contributed by atoms with van der Waals surface area (Å²) in [6, 6.07) is 2.51. The maximum Gasteiger partial charge on any atom is 0.293 e. The summed E-state index contributed by atoms with van der Waals surface area (Å²) in [7, 11) is 0. The molecule has 0 aliphatic carbocycles. The Kier molecular flexibility index (Phi) is 2.01. The number of primary amides is 1. The highest BCUT2D eigenvalue weighted by molar-refractivity contribution is 6.39. The van der Waals surface area contributed by atoms with Crippen molar-refractivity contribution in [3.05, 3.63) is 0 Å². The molecule has 0 aliphatic heterocycles. The topological polar surface area (TPSA) is 90.7 Å². The van der Waals surface area contributed by atoms with E-state index in [2.05, 4.69) is 5.73 Å². The van der Waals surface area contributed by atoms with E-state index in [0.29, 0.717) is 0 Å². The lowest BCUT2D eigenvalue weighted by Crippen LogP contribution is -2.35. The standard InChI is InChI=1S/C4H2ClN3O/c5-4(1-6,2-7)3(8)9/h(H2,8,9). The maximum atomic E-state index is 10.1. The molecule has 2 N–H and O–H groups in total. The third kappa shape index (κ3) is 1.31. The van der Waals surface area contributed by atoms with Crippen molar-refractivity contribution in [3.63, 3.8) is 0 Å². The van der Waals surface area contributed by atoms with E-state index in [1.807, 2.05) is 0 Å². The highest BCUT2D eigenvalue weighted by atomic mass is 35.5. The second-order valence-electron chi connectivity index (χ2n) is 1.25. The molecule has 0 aromatic carbocycles. The largest absolute Gasteiger partial charge is 0.366 e.